The average molecular weight is 401 g/mol. The average Bonchev–Trinajstić information content (AvgIpc) is 3.07. The highest BCUT2D eigenvalue weighted by Crippen LogP contribution is 2.26. The molecule has 0 fully saturated rings. The van der Waals surface area contributed by atoms with Crippen LogP contribution in [-0.4, -0.2) is 26.3 Å². The van der Waals surface area contributed by atoms with Crippen molar-refractivity contribution in [3.05, 3.63) is 58.1 Å². The number of aromatic amines is 1. The van der Waals surface area contributed by atoms with E-state index >= 15 is 0 Å². The fraction of sp³-hybridized carbons (Fsp3) is 0.250. The molecule has 0 spiro atoms. The van der Waals surface area contributed by atoms with E-state index in [4.69, 9.17) is 11.6 Å². The number of nitrogens with zero attached hydrogens (tertiary/aromatic N) is 2. The summed E-state index contributed by atoms with van der Waals surface area (Å²) in [4.78, 5) is 17.1. The highest BCUT2D eigenvalue weighted by Gasteiger charge is 2.19. The van der Waals surface area contributed by atoms with E-state index in [-0.39, 0.29) is 11.2 Å². The van der Waals surface area contributed by atoms with Crippen LogP contribution in [-0.2, 0) is 4.79 Å². The number of hydrogen-bond donors (Lipinski definition) is 2. The van der Waals surface area contributed by atoms with Crippen molar-refractivity contribution in [1.29, 1.82) is 0 Å². The third-order valence-electron chi connectivity index (χ3n) is 4.16. The van der Waals surface area contributed by atoms with Gasteiger partial charge >= 0.3 is 0 Å². The lowest BCUT2D eigenvalue weighted by Crippen LogP contribution is -2.23. The monoisotopic (exact) mass is 400 g/mol. The van der Waals surface area contributed by atoms with E-state index in [0.29, 0.717) is 16.0 Å². The first-order valence-corrected chi connectivity index (χ1v) is 9.83. The van der Waals surface area contributed by atoms with Gasteiger partial charge in [-0.3, -0.25) is 9.89 Å². The summed E-state index contributed by atoms with van der Waals surface area (Å²) in [6.07, 6.45) is 0. The highest BCUT2D eigenvalue weighted by atomic mass is 35.5. The van der Waals surface area contributed by atoms with E-state index < -0.39 is 0 Å². The van der Waals surface area contributed by atoms with E-state index in [0.717, 1.165) is 22.4 Å². The molecule has 1 unspecified atom stereocenters. The molecule has 27 heavy (non-hydrogen) atoms. The molecule has 140 valence electrons. The smallest absolute Gasteiger partial charge is 0.237 e. The number of hydrogen-bond acceptors (Lipinski definition) is 4. The Hall–Kier alpha value is -2.31. The van der Waals surface area contributed by atoms with Crippen molar-refractivity contribution in [3.63, 3.8) is 0 Å². The van der Waals surface area contributed by atoms with Gasteiger partial charge in [-0.15, -0.1) is 5.10 Å². The Morgan fingerprint density at radius 1 is 1.15 bits per heavy atom. The number of rotatable bonds is 5. The zero-order valence-corrected chi connectivity index (χ0v) is 17.2. The minimum Gasteiger partial charge on any atom is -0.325 e. The third-order valence-corrected chi connectivity index (χ3v) is 5.37. The van der Waals surface area contributed by atoms with E-state index in [1.807, 2.05) is 39.8 Å². The van der Waals surface area contributed by atoms with Gasteiger partial charge < -0.3 is 5.32 Å². The second-order valence-electron chi connectivity index (χ2n) is 6.50. The Balaban J connectivity index is 1.68. The van der Waals surface area contributed by atoms with Crippen molar-refractivity contribution in [2.45, 2.75) is 38.1 Å². The molecule has 0 saturated heterocycles. The minimum atomic E-state index is -0.334. The van der Waals surface area contributed by atoms with E-state index in [1.165, 1.54) is 17.3 Å². The van der Waals surface area contributed by atoms with Crippen LogP contribution in [0, 0.1) is 20.8 Å². The van der Waals surface area contributed by atoms with Gasteiger partial charge in [-0.05, 0) is 63.1 Å². The lowest BCUT2D eigenvalue weighted by molar-refractivity contribution is -0.115. The molecule has 2 aromatic carbocycles. The number of benzene rings is 2. The van der Waals surface area contributed by atoms with Crippen LogP contribution in [0.4, 0.5) is 5.69 Å². The first-order chi connectivity index (χ1) is 12.8. The van der Waals surface area contributed by atoms with E-state index in [1.54, 1.807) is 12.1 Å². The summed E-state index contributed by atoms with van der Waals surface area (Å²) in [5.74, 6) is 0.569. The summed E-state index contributed by atoms with van der Waals surface area (Å²) in [6.45, 7) is 7.89. The Bertz CT molecular complexity index is 945. The number of aromatic nitrogens is 3. The molecule has 3 aromatic rings. The van der Waals surface area contributed by atoms with Crippen molar-refractivity contribution in [1.82, 2.24) is 15.2 Å². The third kappa shape index (κ3) is 4.70. The van der Waals surface area contributed by atoms with Gasteiger partial charge in [0.1, 0.15) is 0 Å². The van der Waals surface area contributed by atoms with Crippen LogP contribution in [0.5, 0.6) is 0 Å². The number of anilines is 1. The topological polar surface area (TPSA) is 70.7 Å². The Morgan fingerprint density at radius 3 is 2.41 bits per heavy atom. The molecule has 1 heterocycles. The second kappa shape index (κ2) is 8.15. The molecule has 0 radical (unpaired) electrons. The van der Waals surface area contributed by atoms with Crippen LogP contribution in [0.15, 0.2) is 41.6 Å². The van der Waals surface area contributed by atoms with Crippen LogP contribution < -0.4 is 5.32 Å². The van der Waals surface area contributed by atoms with Crippen molar-refractivity contribution < 1.29 is 4.79 Å². The van der Waals surface area contributed by atoms with Gasteiger partial charge in [0.05, 0.1) is 5.25 Å². The zero-order chi connectivity index (χ0) is 19.6. The molecule has 0 aliphatic carbocycles. The number of aryl methyl sites for hydroxylation is 3. The molecule has 5 nitrogen and oxygen atoms in total. The largest absolute Gasteiger partial charge is 0.325 e. The van der Waals surface area contributed by atoms with Crippen molar-refractivity contribution in [2.24, 2.45) is 0 Å². The van der Waals surface area contributed by atoms with Crippen LogP contribution in [0.3, 0.4) is 0 Å². The summed E-state index contributed by atoms with van der Waals surface area (Å²) in [5.41, 5.74) is 5.06. The molecular weight excluding hydrogens is 380 g/mol. The van der Waals surface area contributed by atoms with Gasteiger partial charge in [0.2, 0.25) is 11.1 Å². The predicted molar refractivity (Wildman–Crippen MR) is 111 cm³/mol. The number of H-pyrrole nitrogens is 1. The number of thioether (sulfide) groups is 1. The molecule has 0 bridgehead atoms. The zero-order valence-electron chi connectivity index (χ0n) is 15.6. The van der Waals surface area contributed by atoms with Crippen LogP contribution in [0.25, 0.3) is 11.4 Å². The Kier molecular flexibility index (Phi) is 5.87. The second-order valence-corrected chi connectivity index (χ2v) is 8.24. The SMILES string of the molecule is Cc1cc(C)c(NC(=O)C(C)Sc2n[nH]c(-c3ccc(Cl)cc3)n2)c(C)c1. The van der Waals surface area contributed by atoms with Gasteiger partial charge in [0, 0.05) is 16.3 Å². The molecule has 0 saturated carbocycles. The van der Waals surface area contributed by atoms with Gasteiger partial charge in [0.25, 0.3) is 0 Å². The number of carbonyl (C=O) groups is 1. The maximum absolute atomic E-state index is 12.6. The molecular formula is C20H21ClN4OS. The minimum absolute atomic E-state index is 0.0760. The summed E-state index contributed by atoms with van der Waals surface area (Å²) < 4.78 is 0. The summed E-state index contributed by atoms with van der Waals surface area (Å²) in [7, 11) is 0. The highest BCUT2D eigenvalue weighted by molar-refractivity contribution is 8.00. The quantitative estimate of drug-likeness (QED) is 0.579. The molecule has 1 atom stereocenters. The molecule has 1 amide bonds. The van der Waals surface area contributed by atoms with Gasteiger partial charge in [-0.25, -0.2) is 4.98 Å². The maximum Gasteiger partial charge on any atom is 0.237 e. The van der Waals surface area contributed by atoms with E-state index in [9.17, 15) is 4.79 Å². The molecule has 2 N–H and O–H groups in total. The standard InChI is InChI=1S/C20H21ClN4OS/c1-11-9-12(2)17(13(3)10-11)22-19(26)14(4)27-20-23-18(24-25-20)15-5-7-16(21)8-6-15/h5-10,14H,1-4H3,(H,22,26)(H,23,24,25). The molecule has 3 rings (SSSR count). The first-order valence-electron chi connectivity index (χ1n) is 8.57. The lowest BCUT2D eigenvalue weighted by atomic mass is 10.1. The maximum atomic E-state index is 12.6. The number of nitrogens with one attached hydrogen (secondary N) is 2. The number of amides is 1. The van der Waals surface area contributed by atoms with Crippen molar-refractivity contribution in [2.75, 3.05) is 5.32 Å². The fourth-order valence-corrected chi connectivity index (χ4v) is 3.70. The van der Waals surface area contributed by atoms with Gasteiger partial charge in [-0.2, -0.15) is 0 Å². The summed E-state index contributed by atoms with van der Waals surface area (Å²) in [5, 5.41) is 11.0. The van der Waals surface area contributed by atoms with E-state index in [2.05, 4.69) is 32.6 Å². The normalized spacial score (nSPS) is 12.0. The van der Waals surface area contributed by atoms with Gasteiger partial charge in [0.15, 0.2) is 5.82 Å². The summed E-state index contributed by atoms with van der Waals surface area (Å²) >= 11 is 7.22. The number of halogens is 1. The lowest BCUT2D eigenvalue weighted by Gasteiger charge is -2.15. The van der Waals surface area contributed by atoms with Crippen molar-refractivity contribution in [3.8, 4) is 11.4 Å². The Morgan fingerprint density at radius 2 is 1.78 bits per heavy atom. The fourth-order valence-electron chi connectivity index (χ4n) is 2.85. The predicted octanol–water partition coefficient (Wildman–Crippen LogP) is 5.17. The van der Waals surface area contributed by atoms with Crippen LogP contribution >= 0.6 is 23.4 Å². The number of carbonyl (C=O) groups excluding carboxylic acids is 1. The first kappa shape index (κ1) is 19.5. The Labute approximate surface area is 167 Å². The molecule has 1 aromatic heterocycles. The molecule has 0 aliphatic heterocycles. The summed E-state index contributed by atoms with van der Waals surface area (Å²) in [6, 6.07) is 11.5. The molecule has 0 aliphatic rings. The molecule has 7 heteroatoms. The van der Waals surface area contributed by atoms with Crippen molar-refractivity contribution >= 4 is 35.0 Å². The van der Waals surface area contributed by atoms with Crippen LogP contribution in [0.2, 0.25) is 5.02 Å². The van der Waals surface area contributed by atoms with Crippen LogP contribution in [0.1, 0.15) is 23.6 Å². The van der Waals surface area contributed by atoms with Gasteiger partial charge in [-0.1, -0.05) is 41.1 Å².